The van der Waals surface area contributed by atoms with Crippen LogP contribution in [0.5, 0.6) is 11.5 Å². The lowest BCUT2D eigenvalue weighted by Gasteiger charge is -2.31. The second-order valence-electron chi connectivity index (χ2n) is 8.80. The van der Waals surface area contributed by atoms with E-state index >= 15 is 0 Å². The van der Waals surface area contributed by atoms with Crippen LogP contribution in [0.25, 0.3) is 5.70 Å². The van der Waals surface area contributed by atoms with Crippen molar-refractivity contribution in [2.75, 3.05) is 7.11 Å². The Bertz CT molecular complexity index is 1280. The molecule has 186 valence electrons. The quantitative estimate of drug-likeness (QED) is 0.422. The molecule has 0 aromatic heterocycles. The fourth-order valence-corrected chi connectivity index (χ4v) is 4.16. The number of amides is 2. The molecule has 0 saturated heterocycles. The second-order valence-corrected chi connectivity index (χ2v) is 8.80. The fraction of sp³-hybridized carbons (Fsp3) is 0.241. The lowest BCUT2D eigenvalue weighted by Crippen LogP contribution is -2.45. The number of carbonyl (C=O) groups excluding carboxylic acids is 2. The van der Waals surface area contributed by atoms with Crippen molar-refractivity contribution >= 4 is 17.7 Å². The van der Waals surface area contributed by atoms with Crippen LogP contribution in [-0.4, -0.2) is 25.2 Å². The van der Waals surface area contributed by atoms with Crippen LogP contribution >= 0.6 is 0 Å². The van der Waals surface area contributed by atoms with Crippen molar-refractivity contribution in [2.24, 2.45) is 0 Å². The first-order valence-corrected chi connectivity index (χ1v) is 11.8. The predicted molar refractivity (Wildman–Crippen MR) is 138 cm³/mol. The Labute approximate surface area is 211 Å². The van der Waals surface area contributed by atoms with Crippen molar-refractivity contribution < 1.29 is 23.8 Å². The average molecular weight is 487 g/mol. The SMILES string of the molecule is COc1cccc(C2NC(=O)NC(c3ccccc3)=C2C(=O)OC(C)C)c1OCc1cccc(C)c1. The molecule has 0 radical (unpaired) electrons. The van der Waals surface area contributed by atoms with Gasteiger partial charge in [-0.25, -0.2) is 9.59 Å². The number of methoxy groups -OCH3 is 1. The van der Waals surface area contributed by atoms with E-state index in [1.807, 2.05) is 67.6 Å². The highest BCUT2D eigenvalue weighted by Crippen LogP contribution is 2.41. The number of carbonyl (C=O) groups is 2. The minimum absolute atomic E-state index is 0.281. The lowest BCUT2D eigenvalue weighted by atomic mass is 9.91. The van der Waals surface area contributed by atoms with E-state index in [4.69, 9.17) is 14.2 Å². The van der Waals surface area contributed by atoms with Gasteiger partial charge in [-0.2, -0.15) is 0 Å². The molecule has 1 aliphatic heterocycles. The van der Waals surface area contributed by atoms with Gasteiger partial charge in [0.15, 0.2) is 11.5 Å². The third kappa shape index (κ3) is 5.51. The number of rotatable bonds is 8. The zero-order valence-corrected chi connectivity index (χ0v) is 20.8. The molecule has 0 spiro atoms. The summed E-state index contributed by atoms with van der Waals surface area (Å²) in [5.74, 6) is 0.399. The summed E-state index contributed by atoms with van der Waals surface area (Å²) in [5.41, 5.74) is 4.06. The molecule has 1 unspecified atom stereocenters. The number of esters is 1. The van der Waals surface area contributed by atoms with Crippen LogP contribution in [0.15, 0.2) is 78.4 Å². The highest BCUT2D eigenvalue weighted by Gasteiger charge is 2.37. The minimum atomic E-state index is -0.831. The number of urea groups is 1. The molecule has 3 aromatic carbocycles. The van der Waals surface area contributed by atoms with E-state index in [9.17, 15) is 9.59 Å². The molecule has 0 fully saturated rings. The molecule has 0 bridgehead atoms. The van der Waals surface area contributed by atoms with Crippen molar-refractivity contribution in [1.29, 1.82) is 0 Å². The zero-order chi connectivity index (χ0) is 25.7. The fourth-order valence-electron chi connectivity index (χ4n) is 4.16. The maximum Gasteiger partial charge on any atom is 0.338 e. The van der Waals surface area contributed by atoms with Gasteiger partial charge in [0, 0.05) is 5.56 Å². The lowest BCUT2D eigenvalue weighted by molar-refractivity contribution is -0.143. The molecule has 36 heavy (non-hydrogen) atoms. The monoisotopic (exact) mass is 486 g/mol. The van der Waals surface area contributed by atoms with Gasteiger partial charge in [0.1, 0.15) is 6.61 Å². The van der Waals surface area contributed by atoms with Gasteiger partial charge in [-0.05, 0) is 38.0 Å². The van der Waals surface area contributed by atoms with E-state index in [1.54, 1.807) is 33.1 Å². The number of hydrogen-bond donors (Lipinski definition) is 2. The molecule has 4 rings (SSSR count). The Hall–Kier alpha value is -4.26. The first-order valence-electron chi connectivity index (χ1n) is 11.8. The van der Waals surface area contributed by atoms with Crippen LogP contribution < -0.4 is 20.1 Å². The molecule has 0 saturated carbocycles. The van der Waals surface area contributed by atoms with Crippen molar-refractivity contribution in [2.45, 2.75) is 39.5 Å². The average Bonchev–Trinajstić information content (AvgIpc) is 2.86. The second kappa shape index (κ2) is 11.0. The maximum atomic E-state index is 13.4. The Morgan fingerprint density at radius 1 is 1.00 bits per heavy atom. The van der Waals surface area contributed by atoms with E-state index < -0.39 is 18.0 Å². The van der Waals surface area contributed by atoms with Crippen LogP contribution in [0.4, 0.5) is 4.79 Å². The van der Waals surface area contributed by atoms with Crippen LogP contribution in [-0.2, 0) is 16.1 Å². The summed E-state index contributed by atoms with van der Waals surface area (Å²) in [6.07, 6.45) is -0.345. The zero-order valence-electron chi connectivity index (χ0n) is 20.8. The summed E-state index contributed by atoms with van der Waals surface area (Å²) in [5, 5.41) is 5.70. The van der Waals surface area contributed by atoms with Crippen LogP contribution in [0.3, 0.4) is 0 Å². The van der Waals surface area contributed by atoms with Crippen molar-refractivity contribution in [3.8, 4) is 11.5 Å². The maximum absolute atomic E-state index is 13.4. The van der Waals surface area contributed by atoms with Crippen LogP contribution in [0.1, 0.15) is 42.1 Å². The largest absolute Gasteiger partial charge is 0.493 e. The number of hydrogen-bond acceptors (Lipinski definition) is 5. The minimum Gasteiger partial charge on any atom is -0.493 e. The number of aryl methyl sites for hydroxylation is 1. The van der Waals surface area contributed by atoms with E-state index in [1.165, 1.54) is 0 Å². The molecule has 1 heterocycles. The van der Waals surface area contributed by atoms with Gasteiger partial charge in [-0.1, -0.05) is 72.3 Å². The number of benzene rings is 3. The van der Waals surface area contributed by atoms with Crippen LogP contribution in [0, 0.1) is 6.92 Å². The van der Waals surface area contributed by atoms with Crippen molar-refractivity contribution in [3.63, 3.8) is 0 Å². The molecular formula is C29H30N2O5. The Morgan fingerprint density at radius 3 is 2.44 bits per heavy atom. The summed E-state index contributed by atoms with van der Waals surface area (Å²) >= 11 is 0. The van der Waals surface area contributed by atoms with E-state index in [0.29, 0.717) is 28.3 Å². The molecule has 0 aliphatic carbocycles. The van der Waals surface area contributed by atoms with Gasteiger partial charge in [0.2, 0.25) is 0 Å². The Morgan fingerprint density at radius 2 is 1.75 bits per heavy atom. The molecule has 1 atom stereocenters. The highest BCUT2D eigenvalue weighted by molar-refractivity contribution is 6.04. The first-order chi connectivity index (χ1) is 17.4. The summed E-state index contributed by atoms with van der Waals surface area (Å²) in [6, 6.07) is 21.4. The summed E-state index contributed by atoms with van der Waals surface area (Å²) in [4.78, 5) is 26.2. The Balaban J connectivity index is 1.84. The van der Waals surface area contributed by atoms with Crippen molar-refractivity contribution in [3.05, 3.63) is 101 Å². The number of para-hydroxylation sites is 1. The van der Waals surface area contributed by atoms with Gasteiger partial charge in [-0.3, -0.25) is 0 Å². The van der Waals surface area contributed by atoms with Crippen LogP contribution in [0.2, 0.25) is 0 Å². The number of nitrogens with one attached hydrogen (secondary N) is 2. The molecule has 1 aliphatic rings. The molecule has 2 amide bonds. The van der Waals surface area contributed by atoms with Crippen molar-refractivity contribution in [1.82, 2.24) is 10.6 Å². The normalized spacial score (nSPS) is 15.2. The molecule has 2 N–H and O–H groups in total. The topological polar surface area (TPSA) is 85.9 Å². The van der Waals surface area contributed by atoms with E-state index in [2.05, 4.69) is 10.6 Å². The summed E-state index contributed by atoms with van der Waals surface area (Å²) in [6.45, 7) is 5.87. The predicted octanol–water partition coefficient (Wildman–Crippen LogP) is 5.30. The molecule has 3 aromatic rings. The van der Waals surface area contributed by atoms with Gasteiger partial charge >= 0.3 is 12.0 Å². The summed E-state index contributed by atoms with van der Waals surface area (Å²) in [7, 11) is 1.55. The van der Waals surface area contributed by atoms with Gasteiger partial charge in [0.05, 0.1) is 30.5 Å². The third-order valence-corrected chi connectivity index (χ3v) is 5.70. The van der Waals surface area contributed by atoms with Gasteiger partial charge in [0.25, 0.3) is 0 Å². The number of ether oxygens (including phenoxy) is 3. The van der Waals surface area contributed by atoms with E-state index in [-0.39, 0.29) is 18.3 Å². The van der Waals surface area contributed by atoms with E-state index in [0.717, 1.165) is 11.1 Å². The van der Waals surface area contributed by atoms with Gasteiger partial charge < -0.3 is 24.8 Å². The smallest absolute Gasteiger partial charge is 0.338 e. The molecular weight excluding hydrogens is 456 g/mol. The van der Waals surface area contributed by atoms with Gasteiger partial charge in [-0.15, -0.1) is 0 Å². The third-order valence-electron chi connectivity index (χ3n) is 5.70. The Kier molecular flexibility index (Phi) is 7.59. The first kappa shape index (κ1) is 24.9. The molecule has 7 nitrogen and oxygen atoms in total. The highest BCUT2D eigenvalue weighted by atomic mass is 16.5. The standard InChI is InChI=1S/C29H30N2O5/c1-18(2)36-28(32)24-25(21-12-6-5-7-13-21)30-29(33)31-26(24)22-14-9-15-23(34-4)27(22)35-17-20-11-8-10-19(3)16-20/h5-16,18,26H,17H2,1-4H3,(H2,30,31,33). The summed E-state index contributed by atoms with van der Waals surface area (Å²) < 4.78 is 17.5. The molecule has 7 heteroatoms.